The molecule has 0 unspecified atom stereocenters. The van der Waals surface area contributed by atoms with Crippen LogP contribution in [0.3, 0.4) is 0 Å². The molecular formula is C9H13N3O4. The van der Waals surface area contributed by atoms with Crippen LogP contribution in [-0.2, 0) is 14.3 Å². The highest BCUT2D eigenvalue weighted by atomic mass is 16.5. The van der Waals surface area contributed by atoms with Crippen molar-refractivity contribution in [1.29, 1.82) is 0 Å². The van der Waals surface area contributed by atoms with Gasteiger partial charge in [0.1, 0.15) is 0 Å². The van der Waals surface area contributed by atoms with Crippen molar-refractivity contribution in [2.75, 3.05) is 19.7 Å². The zero-order chi connectivity index (χ0) is 12.1. The number of esters is 1. The van der Waals surface area contributed by atoms with Crippen molar-refractivity contribution in [3.8, 4) is 0 Å². The fourth-order valence-corrected chi connectivity index (χ4v) is 1.02. The molecule has 3 amide bonds. The second-order valence-corrected chi connectivity index (χ2v) is 3.28. The number of rotatable bonds is 4. The number of nitrogens with one attached hydrogen (secondary N) is 2. The third-order valence-electron chi connectivity index (χ3n) is 1.80. The largest absolute Gasteiger partial charge is 0.452 e. The highest BCUT2D eigenvalue weighted by molar-refractivity contribution is 5.89. The number of carbonyl (C=O) groups excluding carboxylic acids is 3. The molecule has 16 heavy (non-hydrogen) atoms. The van der Waals surface area contributed by atoms with E-state index in [1.54, 1.807) is 0 Å². The molecule has 0 radical (unpaired) electrons. The minimum atomic E-state index is -0.638. The molecule has 0 atom stereocenters. The summed E-state index contributed by atoms with van der Waals surface area (Å²) in [7, 11) is 0. The molecule has 0 aromatic rings. The van der Waals surface area contributed by atoms with E-state index < -0.39 is 18.5 Å². The number of ether oxygens (including phenoxy) is 1. The lowest BCUT2D eigenvalue weighted by molar-refractivity contribution is -0.145. The molecule has 1 fully saturated rings. The van der Waals surface area contributed by atoms with Gasteiger partial charge in [-0.25, -0.2) is 14.6 Å². The van der Waals surface area contributed by atoms with Gasteiger partial charge in [-0.05, 0) is 6.92 Å². The Kier molecular flexibility index (Phi) is 3.87. The van der Waals surface area contributed by atoms with Gasteiger partial charge in [0.05, 0.1) is 6.54 Å². The standard InChI is InChI=1S/C9H13N3O4/c1-6(2)8(14)16-5-7(13)11-12-4-3-10-9(12)15/h1,3-5H2,2H3,(H,10,15)(H,11,13). The molecule has 1 saturated heterocycles. The van der Waals surface area contributed by atoms with E-state index in [9.17, 15) is 14.4 Å². The van der Waals surface area contributed by atoms with Crippen LogP contribution in [0.1, 0.15) is 6.92 Å². The van der Waals surface area contributed by atoms with Gasteiger partial charge in [0.15, 0.2) is 6.61 Å². The lowest BCUT2D eigenvalue weighted by Crippen LogP contribution is -2.45. The van der Waals surface area contributed by atoms with Gasteiger partial charge in [-0.15, -0.1) is 0 Å². The zero-order valence-electron chi connectivity index (χ0n) is 8.91. The van der Waals surface area contributed by atoms with Crippen LogP contribution in [0.15, 0.2) is 12.2 Å². The summed E-state index contributed by atoms with van der Waals surface area (Å²) < 4.78 is 4.60. The smallest absolute Gasteiger partial charge is 0.336 e. The molecule has 88 valence electrons. The molecule has 0 aliphatic carbocycles. The zero-order valence-corrected chi connectivity index (χ0v) is 8.91. The molecule has 7 nitrogen and oxygen atoms in total. The number of urea groups is 1. The maximum atomic E-state index is 11.2. The van der Waals surface area contributed by atoms with Gasteiger partial charge in [-0.3, -0.25) is 10.2 Å². The Labute approximate surface area is 92.4 Å². The fourth-order valence-electron chi connectivity index (χ4n) is 1.02. The van der Waals surface area contributed by atoms with Crippen LogP contribution in [0.5, 0.6) is 0 Å². The SMILES string of the molecule is C=C(C)C(=O)OCC(=O)NN1CCNC1=O. The van der Waals surface area contributed by atoms with Crippen molar-refractivity contribution in [1.82, 2.24) is 15.8 Å². The summed E-state index contributed by atoms with van der Waals surface area (Å²) in [6, 6.07) is -0.375. The van der Waals surface area contributed by atoms with Gasteiger partial charge >= 0.3 is 12.0 Å². The summed E-state index contributed by atoms with van der Waals surface area (Å²) in [4.78, 5) is 33.2. The molecule has 1 aliphatic heterocycles. The maximum Gasteiger partial charge on any atom is 0.336 e. The number of amides is 3. The molecule has 1 rings (SSSR count). The van der Waals surface area contributed by atoms with Crippen LogP contribution in [0.25, 0.3) is 0 Å². The second-order valence-electron chi connectivity index (χ2n) is 3.28. The summed E-state index contributed by atoms with van der Waals surface area (Å²) in [5.41, 5.74) is 2.51. The van der Waals surface area contributed by atoms with Gasteiger partial charge in [0.2, 0.25) is 0 Å². The Balaban J connectivity index is 2.28. The van der Waals surface area contributed by atoms with Gasteiger partial charge in [-0.1, -0.05) is 6.58 Å². The highest BCUT2D eigenvalue weighted by Crippen LogP contribution is 1.94. The van der Waals surface area contributed by atoms with Crippen molar-refractivity contribution in [3.63, 3.8) is 0 Å². The molecular weight excluding hydrogens is 214 g/mol. The molecule has 0 aromatic heterocycles. The normalized spacial score (nSPS) is 14.3. The van der Waals surface area contributed by atoms with Crippen LogP contribution >= 0.6 is 0 Å². The van der Waals surface area contributed by atoms with Gasteiger partial charge in [-0.2, -0.15) is 0 Å². The van der Waals surface area contributed by atoms with Crippen molar-refractivity contribution >= 4 is 17.9 Å². The fraction of sp³-hybridized carbons (Fsp3) is 0.444. The summed E-state index contributed by atoms with van der Waals surface area (Å²) >= 11 is 0. The van der Waals surface area contributed by atoms with E-state index >= 15 is 0 Å². The quantitative estimate of drug-likeness (QED) is 0.484. The summed E-state index contributed by atoms with van der Waals surface area (Å²) in [6.07, 6.45) is 0. The van der Waals surface area contributed by atoms with Crippen molar-refractivity contribution in [2.45, 2.75) is 6.92 Å². The lowest BCUT2D eigenvalue weighted by Gasteiger charge is -2.15. The maximum absolute atomic E-state index is 11.2. The van der Waals surface area contributed by atoms with Crippen LogP contribution in [0.2, 0.25) is 0 Å². The topological polar surface area (TPSA) is 87.7 Å². The van der Waals surface area contributed by atoms with E-state index in [4.69, 9.17) is 0 Å². The summed E-state index contributed by atoms with van der Waals surface area (Å²) in [5.74, 6) is -1.20. The van der Waals surface area contributed by atoms with E-state index in [-0.39, 0.29) is 11.6 Å². The monoisotopic (exact) mass is 227 g/mol. The second kappa shape index (κ2) is 5.15. The average molecular weight is 227 g/mol. The van der Waals surface area contributed by atoms with E-state index in [2.05, 4.69) is 22.1 Å². The first-order chi connectivity index (χ1) is 7.50. The van der Waals surface area contributed by atoms with Crippen LogP contribution < -0.4 is 10.7 Å². The minimum Gasteiger partial charge on any atom is -0.452 e. The third kappa shape index (κ3) is 3.26. The Hall–Kier alpha value is -2.05. The first-order valence-corrected chi connectivity index (χ1v) is 4.68. The number of hydrogen-bond acceptors (Lipinski definition) is 4. The Morgan fingerprint density at radius 3 is 2.81 bits per heavy atom. The predicted molar refractivity (Wildman–Crippen MR) is 54.0 cm³/mol. The summed E-state index contributed by atoms with van der Waals surface area (Å²) in [5, 5.41) is 3.63. The molecule has 1 heterocycles. The molecule has 7 heteroatoms. The summed E-state index contributed by atoms with van der Waals surface area (Å²) in [6.45, 7) is 5.28. The lowest BCUT2D eigenvalue weighted by atomic mass is 10.4. The first-order valence-electron chi connectivity index (χ1n) is 4.68. The van der Waals surface area contributed by atoms with E-state index in [1.807, 2.05) is 0 Å². The van der Waals surface area contributed by atoms with Crippen LogP contribution in [0.4, 0.5) is 4.79 Å². The Morgan fingerprint density at radius 2 is 2.31 bits per heavy atom. The average Bonchev–Trinajstić information content (AvgIpc) is 2.60. The number of nitrogens with zero attached hydrogens (tertiary/aromatic N) is 1. The third-order valence-corrected chi connectivity index (χ3v) is 1.80. The molecule has 0 saturated carbocycles. The van der Waals surface area contributed by atoms with E-state index in [0.717, 1.165) is 5.01 Å². The van der Waals surface area contributed by atoms with E-state index in [1.165, 1.54) is 6.92 Å². The highest BCUT2D eigenvalue weighted by Gasteiger charge is 2.21. The van der Waals surface area contributed by atoms with E-state index in [0.29, 0.717) is 13.1 Å². The molecule has 1 aliphatic rings. The Morgan fingerprint density at radius 1 is 1.62 bits per heavy atom. The first kappa shape index (κ1) is 12.0. The van der Waals surface area contributed by atoms with Gasteiger partial charge in [0, 0.05) is 12.1 Å². The molecule has 2 N–H and O–H groups in total. The Bertz CT molecular complexity index is 340. The van der Waals surface area contributed by atoms with Crippen molar-refractivity contribution in [3.05, 3.63) is 12.2 Å². The number of hydrogen-bond donors (Lipinski definition) is 2. The van der Waals surface area contributed by atoms with Crippen LogP contribution in [0, 0.1) is 0 Å². The molecule has 0 spiro atoms. The molecule has 0 aromatic carbocycles. The van der Waals surface area contributed by atoms with Crippen LogP contribution in [-0.4, -0.2) is 42.6 Å². The number of hydrazine groups is 1. The van der Waals surface area contributed by atoms with Gasteiger partial charge in [0.25, 0.3) is 5.91 Å². The molecule has 0 bridgehead atoms. The predicted octanol–water partition coefficient (Wildman–Crippen LogP) is -0.838. The number of carbonyl (C=O) groups is 3. The minimum absolute atomic E-state index is 0.215. The van der Waals surface area contributed by atoms with Crippen molar-refractivity contribution in [2.24, 2.45) is 0 Å². The van der Waals surface area contributed by atoms with Gasteiger partial charge < -0.3 is 10.1 Å². The van der Waals surface area contributed by atoms with Crippen molar-refractivity contribution < 1.29 is 19.1 Å².